The molecule has 122 valence electrons. The van der Waals surface area contributed by atoms with Crippen molar-refractivity contribution in [2.24, 2.45) is 0 Å². The number of carbonyl (C=O) groups excluding carboxylic acids is 1. The molecule has 1 N–H and O–H groups in total. The quantitative estimate of drug-likeness (QED) is 0.853. The van der Waals surface area contributed by atoms with Gasteiger partial charge in [0, 0.05) is 24.9 Å². The van der Waals surface area contributed by atoms with Gasteiger partial charge in [0.15, 0.2) is 6.10 Å². The highest BCUT2D eigenvalue weighted by atomic mass is 19.1. The Hall–Kier alpha value is -2.63. The van der Waals surface area contributed by atoms with Gasteiger partial charge in [0.25, 0.3) is 5.91 Å². The number of nitrogens with zero attached hydrogens (tertiary/aromatic N) is 1. The lowest BCUT2D eigenvalue weighted by molar-refractivity contribution is -0.127. The topological polar surface area (TPSA) is 60.5 Å². The molecule has 1 aromatic heterocycles. The predicted molar refractivity (Wildman–Crippen MR) is 83.7 cm³/mol. The molecule has 5 nitrogen and oxygen atoms in total. The maximum Gasteiger partial charge on any atom is 0.261 e. The van der Waals surface area contributed by atoms with E-state index in [0.717, 1.165) is 5.56 Å². The van der Waals surface area contributed by atoms with Gasteiger partial charge in [-0.3, -0.25) is 4.79 Å². The normalized spacial score (nSPS) is 11.6. The average molecular weight is 318 g/mol. The summed E-state index contributed by atoms with van der Waals surface area (Å²) in [7, 11) is 0. The molecule has 1 heterocycles. The number of carbonyl (C=O) groups is 1. The van der Waals surface area contributed by atoms with Crippen LogP contribution in [-0.4, -0.2) is 23.6 Å². The number of benzene rings is 1. The first kappa shape index (κ1) is 16.7. The van der Waals surface area contributed by atoms with Crippen molar-refractivity contribution >= 4 is 5.91 Å². The molecule has 0 aliphatic heterocycles. The largest absolute Gasteiger partial charge is 0.481 e. The van der Waals surface area contributed by atoms with Crippen LogP contribution in [0.2, 0.25) is 0 Å². The minimum absolute atomic E-state index is 0.288. The summed E-state index contributed by atoms with van der Waals surface area (Å²) < 4.78 is 23.8. The third-order valence-electron chi connectivity index (χ3n) is 3.04. The number of amides is 1. The Morgan fingerprint density at radius 1 is 1.35 bits per heavy atom. The molecule has 1 aromatic carbocycles. The highest BCUT2D eigenvalue weighted by Gasteiger charge is 2.14. The van der Waals surface area contributed by atoms with Gasteiger partial charge < -0.3 is 14.8 Å². The molecule has 2 rings (SSSR count). The van der Waals surface area contributed by atoms with E-state index in [9.17, 15) is 9.18 Å². The number of rotatable bonds is 7. The van der Waals surface area contributed by atoms with Crippen molar-refractivity contribution in [2.75, 3.05) is 6.61 Å². The Morgan fingerprint density at radius 2 is 2.17 bits per heavy atom. The van der Waals surface area contributed by atoms with E-state index in [0.29, 0.717) is 24.8 Å². The minimum Gasteiger partial charge on any atom is -0.481 e. The molecule has 0 aliphatic carbocycles. The van der Waals surface area contributed by atoms with Crippen molar-refractivity contribution < 1.29 is 18.7 Å². The van der Waals surface area contributed by atoms with Crippen molar-refractivity contribution in [1.82, 2.24) is 10.3 Å². The minimum atomic E-state index is -0.731. The van der Waals surface area contributed by atoms with Gasteiger partial charge in [-0.1, -0.05) is 6.07 Å². The fourth-order valence-corrected chi connectivity index (χ4v) is 1.92. The van der Waals surface area contributed by atoms with E-state index >= 15 is 0 Å². The summed E-state index contributed by atoms with van der Waals surface area (Å²) in [4.78, 5) is 16.1. The monoisotopic (exact) mass is 318 g/mol. The summed E-state index contributed by atoms with van der Waals surface area (Å²) >= 11 is 0. The zero-order valence-corrected chi connectivity index (χ0v) is 13.1. The molecule has 2 aromatic rings. The fraction of sp³-hybridized carbons (Fsp3) is 0.294. The lowest BCUT2D eigenvalue weighted by atomic mass is 10.2. The van der Waals surface area contributed by atoms with Gasteiger partial charge in [-0.15, -0.1) is 0 Å². The van der Waals surface area contributed by atoms with Crippen LogP contribution in [-0.2, 0) is 11.3 Å². The molecular weight excluding hydrogens is 299 g/mol. The number of hydrogen-bond donors (Lipinski definition) is 1. The Balaban J connectivity index is 1.87. The molecular formula is C17H19FN2O3. The molecule has 23 heavy (non-hydrogen) atoms. The van der Waals surface area contributed by atoms with Crippen LogP contribution >= 0.6 is 0 Å². The van der Waals surface area contributed by atoms with Gasteiger partial charge in [0.1, 0.15) is 11.6 Å². The van der Waals surface area contributed by atoms with Crippen LogP contribution in [0, 0.1) is 5.82 Å². The first-order valence-corrected chi connectivity index (χ1v) is 7.36. The van der Waals surface area contributed by atoms with E-state index in [1.54, 1.807) is 31.3 Å². The first-order chi connectivity index (χ1) is 11.1. The van der Waals surface area contributed by atoms with Crippen molar-refractivity contribution in [3.8, 4) is 11.6 Å². The van der Waals surface area contributed by atoms with Crippen LogP contribution in [0.1, 0.15) is 19.4 Å². The third-order valence-corrected chi connectivity index (χ3v) is 3.04. The van der Waals surface area contributed by atoms with Gasteiger partial charge in [-0.05, 0) is 37.6 Å². The molecule has 6 heteroatoms. The highest BCUT2D eigenvalue weighted by molar-refractivity contribution is 5.80. The van der Waals surface area contributed by atoms with E-state index < -0.39 is 11.9 Å². The molecule has 1 unspecified atom stereocenters. The number of hydrogen-bond acceptors (Lipinski definition) is 4. The lowest BCUT2D eigenvalue weighted by Gasteiger charge is -2.15. The summed E-state index contributed by atoms with van der Waals surface area (Å²) in [6.07, 6.45) is 0.893. The van der Waals surface area contributed by atoms with Gasteiger partial charge in [0.05, 0.1) is 6.61 Å². The molecule has 1 amide bonds. The SMILES string of the molecule is CCOc1cc(CNC(=O)C(C)Oc2cccc(F)c2)ccn1. The van der Waals surface area contributed by atoms with Crippen LogP contribution in [0.15, 0.2) is 42.6 Å². The number of aromatic nitrogens is 1. The third kappa shape index (κ3) is 5.25. The second-order valence-corrected chi connectivity index (χ2v) is 4.87. The fourth-order valence-electron chi connectivity index (χ4n) is 1.92. The molecule has 0 radical (unpaired) electrons. The summed E-state index contributed by atoms with van der Waals surface area (Å²) in [5, 5.41) is 2.76. The van der Waals surface area contributed by atoms with E-state index in [1.165, 1.54) is 18.2 Å². The zero-order valence-electron chi connectivity index (χ0n) is 13.1. The van der Waals surface area contributed by atoms with Crippen molar-refractivity contribution in [1.29, 1.82) is 0 Å². The van der Waals surface area contributed by atoms with Gasteiger partial charge >= 0.3 is 0 Å². The van der Waals surface area contributed by atoms with Crippen molar-refractivity contribution in [3.05, 3.63) is 54.0 Å². The van der Waals surface area contributed by atoms with Crippen LogP contribution in [0.3, 0.4) is 0 Å². The number of pyridine rings is 1. The van der Waals surface area contributed by atoms with E-state index in [4.69, 9.17) is 9.47 Å². The highest BCUT2D eigenvalue weighted by Crippen LogP contribution is 2.14. The first-order valence-electron chi connectivity index (χ1n) is 7.36. The molecule has 1 atom stereocenters. The molecule has 0 saturated carbocycles. The van der Waals surface area contributed by atoms with Crippen LogP contribution in [0.5, 0.6) is 11.6 Å². The summed E-state index contributed by atoms with van der Waals surface area (Å²) in [5.74, 6) is 0.137. The Bertz CT molecular complexity index is 664. The zero-order chi connectivity index (χ0) is 16.7. The van der Waals surface area contributed by atoms with Crippen LogP contribution in [0.4, 0.5) is 4.39 Å². The maximum absolute atomic E-state index is 13.1. The summed E-state index contributed by atoms with van der Waals surface area (Å²) in [5.41, 5.74) is 0.870. The summed E-state index contributed by atoms with van der Waals surface area (Å²) in [6.45, 7) is 4.35. The second-order valence-electron chi connectivity index (χ2n) is 4.87. The Kier molecular flexibility index (Phi) is 5.91. The lowest BCUT2D eigenvalue weighted by Crippen LogP contribution is -2.35. The second kappa shape index (κ2) is 8.12. The number of ether oxygens (including phenoxy) is 2. The Morgan fingerprint density at radius 3 is 2.91 bits per heavy atom. The standard InChI is InChI=1S/C17H19FN2O3/c1-3-22-16-9-13(7-8-19-16)11-20-17(21)12(2)23-15-6-4-5-14(18)10-15/h4-10,12H,3,11H2,1-2H3,(H,20,21). The Labute approximate surface area is 134 Å². The van der Waals surface area contributed by atoms with Gasteiger partial charge in [-0.25, -0.2) is 9.37 Å². The molecule has 0 aliphatic rings. The van der Waals surface area contributed by atoms with E-state index in [-0.39, 0.29) is 5.91 Å². The molecule has 0 bridgehead atoms. The smallest absolute Gasteiger partial charge is 0.261 e. The van der Waals surface area contributed by atoms with E-state index in [1.807, 2.05) is 6.92 Å². The molecule has 0 spiro atoms. The maximum atomic E-state index is 13.1. The van der Waals surface area contributed by atoms with Crippen molar-refractivity contribution in [3.63, 3.8) is 0 Å². The molecule has 0 saturated heterocycles. The van der Waals surface area contributed by atoms with Crippen molar-refractivity contribution in [2.45, 2.75) is 26.5 Å². The van der Waals surface area contributed by atoms with Crippen LogP contribution < -0.4 is 14.8 Å². The van der Waals surface area contributed by atoms with Gasteiger partial charge in [-0.2, -0.15) is 0 Å². The summed E-state index contributed by atoms with van der Waals surface area (Å²) in [6, 6.07) is 9.24. The number of nitrogens with one attached hydrogen (secondary N) is 1. The average Bonchev–Trinajstić information content (AvgIpc) is 2.53. The van der Waals surface area contributed by atoms with E-state index in [2.05, 4.69) is 10.3 Å². The van der Waals surface area contributed by atoms with Crippen LogP contribution in [0.25, 0.3) is 0 Å². The van der Waals surface area contributed by atoms with Gasteiger partial charge in [0.2, 0.25) is 5.88 Å². The predicted octanol–water partition coefficient (Wildman–Crippen LogP) is 2.70. The molecule has 0 fully saturated rings. The number of halogens is 1.